The normalized spacial score (nSPS) is 4.00. The minimum Gasteiger partial charge on any atom is 0.316 e. The van der Waals surface area contributed by atoms with E-state index in [0.29, 0.717) is 0 Å². The molecule has 0 amide bonds. The first kappa shape index (κ1) is 15.8. The van der Waals surface area contributed by atoms with E-state index in [9.17, 15) is 0 Å². The molecule has 36 valence electrons. The number of rotatable bonds is 0. The van der Waals surface area contributed by atoms with Crippen LogP contribution in [0, 0.1) is 10.1 Å². The fourth-order valence-corrected chi connectivity index (χ4v) is 0. The molecule has 0 aliphatic rings. The smallest absolute Gasteiger partial charge is 0.316 e. The zero-order valence-electron chi connectivity index (χ0n) is 2.42. The third kappa shape index (κ3) is 99.6. The van der Waals surface area contributed by atoms with Crippen LogP contribution in [0.3, 0.4) is 0 Å². The van der Waals surface area contributed by atoms with Gasteiger partial charge in [0.1, 0.15) is 0 Å². The van der Waals surface area contributed by atoms with Crippen LogP contribution in [0.15, 0.2) is 0 Å². The van der Waals surface area contributed by atoms with Crippen LogP contribution < -0.4 is 0 Å². The minimum absolute atomic E-state index is 0. The summed E-state index contributed by atoms with van der Waals surface area (Å²) in [6.45, 7) is 0. The number of hydrogen-bond donors (Lipinski definition) is 1. The van der Waals surface area contributed by atoms with Crippen molar-refractivity contribution in [3.05, 3.63) is 10.1 Å². The molecule has 0 heterocycles. The fraction of sp³-hybridized carbons (Fsp3) is 0. The van der Waals surface area contributed by atoms with E-state index in [0.717, 1.165) is 0 Å². The van der Waals surface area contributed by atoms with Gasteiger partial charge >= 0.3 is 49.3 Å². The Kier molecular flexibility index (Phi) is 24.5. The van der Waals surface area contributed by atoms with E-state index >= 15 is 0 Å². The predicted molar refractivity (Wildman–Crippen MR) is 27.3 cm³/mol. The van der Waals surface area contributed by atoms with Crippen LogP contribution in [-0.4, -0.2) is 59.6 Å². The van der Waals surface area contributed by atoms with Crippen LogP contribution in [0.25, 0.3) is 0 Å². The first-order valence-corrected chi connectivity index (χ1v) is 0.565. The number of nitrogens with zero attached hydrogens (tertiary/aromatic N) is 1. The molecule has 0 unspecified atom stereocenters. The first-order valence-electron chi connectivity index (χ1n) is 0.565. The van der Waals surface area contributed by atoms with Crippen molar-refractivity contribution < 1.29 is 10.3 Å². The molecule has 0 rings (SSSR count). The molecular formula is H6BiMgNO3. The molecule has 0 atom stereocenters. The van der Waals surface area contributed by atoms with Crippen molar-refractivity contribution in [1.82, 2.24) is 0 Å². The van der Waals surface area contributed by atoms with E-state index in [1.54, 1.807) is 0 Å². The van der Waals surface area contributed by atoms with E-state index in [4.69, 9.17) is 15.3 Å². The van der Waals surface area contributed by atoms with E-state index in [1.807, 2.05) is 0 Å². The molecule has 6 heavy (non-hydrogen) atoms. The van der Waals surface area contributed by atoms with Crippen molar-refractivity contribution in [2.45, 2.75) is 0 Å². The van der Waals surface area contributed by atoms with Crippen molar-refractivity contribution in [2.24, 2.45) is 0 Å². The Labute approximate surface area is 69.3 Å². The maximum absolute atomic E-state index is 8.36. The predicted octanol–water partition coefficient (Wildman–Crippen LogP) is -2.45. The summed E-state index contributed by atoms with van der Waals surface area (Å²) >= 11 is 0. The van der Waals surface area contributed by atoms with Crippen LogP contribution in [0.4, 0.5) is 0 Å². The van der Waals surface area contributed by atoms with Gasteiger partial charge in [-0.25, -0.2) is 0 Å². The molecule has 0 aliphatic carbocycles. The average molecular weight is 301 g/mol. The van der Waals surface area contributed by atoms with Crippen LogP contribution in [-0.2, 0) is 0 Å². The van der Waals surface area contributed by atoms with Gasteiger partial charge in [-0.05, 0) is 0 Å². The third-order valence-electron chi connectivity index (χ3n) is 0. The zero-order chi connectivity index (χ0) is 3.58. The summed E-state index contributed by atoms with van der Waals surface area (Å²) in [6.07, 6.45) is 0. The second-order valence-corrected chi connectivity index (χ2v) is 0.238. The first-order chi connectivity index (χ1) is 1.73. The summed E-state index contributed by atoms with van der Waals surface area (Å²) in [7, 11) is 0. The topological polar surface area (TPSA) is 63.4 Å². The largest absolute Gasteiger partial charge is 0.316 e. The Morgan fingerprint density at radius 2 is 1.67 bits per heavy atom. The molecule has 0 spiro atoms. The monoisotopic (exact) mass is 301 g/mol. The summed E-state index contributed by atoms with van der Waals surface area (Å²) in [5.41, 5.74) is 0. The van der Waals surface area contributed by atoms with Crippen molar-refractivity contribution in [3.8, 4) is 0 Å². The molecule has 1 N–H and O–H groups in total. The molecule has 0 fully saturated rings. The summed E-state index contributed by atoms with van der Waals surface area (Å²) in [5.74, 6) is 0. The SMILES string of the molecule is O=[N+]([O-])O.[BiH3].[MgH2]. The summed E-state index contributed by atoms with van der Waals surface area (Å²) < 4.78 is 0. The van der Waals surface area contributed by atoms with E-state index in [1.165, 1.54) is 0 Å². The van der Waals surface area contributed by atoms with E-state index < -0.39 is 5.09 Å². The molecule has 0 saturated heterocycles. The van der Waals surface area contributed by atoms with Gasteiger partial charge in [0.2, 0.25) is 0 Å². The van der Waals surface area contributed by atoms with Crippen LogP contribution in [0.2, 0.25) is 0 Å². The molecular weight excluding hydrogens is 295 g/mol. The van der Waals surface area contributed by atoms with Gasteiger partial charge in [0.05, 0.1) is 0 Å². The van der Waals surface area contributed by atoms with Crippen molar-refractivity contribution in [1.29, 1.82) is 0 Å². The Hall–Kier alpha value is 0.849. The summed E-state index contributed by atoms with van der Waals surface area (Å²) in [5, 5.41) is 13.6. The van der Waals surface area contributed by atoms with Crippen LogP contribution >= 0.6 is 0 Å². The van der Waals surface area contributed by atoms with Gasteiger partial charge < -0.3 is 5.21 Å². The van der Waals surface area contributed by atoms with Gasteiger partial charge in [-0.2, -0.15) is 0 Å². The standard InChI is InChI=1S/Bi.Mg.HNO3.5H/c;;2-1(3)4;;;;;/h;;(H,2,3,4);;;;;. The molecule has 0 radical (unpaired) electrons. The van der Waals surface area contributed by atoms with Gasteiger partial charge in [-0.15, -0.1) is 10.1 Å². The Morgan fingerprint density at radius 3 is 1.67 bits per heavy atom. The molecule has 0 saturated carbocycles. The van der Waals surface area contributed by atoms with Crippen LogP contribution in [0.1, 0.15) is 0 Å². The van der Waals surface area contributed by atoms with E-state index in [-0.39, 0.29) is 49.3 Å². The molecule has 0 aromatic rings. The van der Waals surface area contributed by atoms with E-state index in [2.05, 4.69) is 0 Å². The maximum Gasteiger partial charge on any atom is 0.316 e. The molecule has 0 bridgehead atoms. The quantitative estimate of drug-likeness (QED) is 0.307. The molecule has 0 aromatic heterocycles. The molecule has 0 aromatic carbocycles. The van der Waals surface area contributed by atoms with Crippen molar-refractivity contribution in [2.75, 3.05) is 0 Å². The van der Waals surface area contributed by atoms with Crippen molar-refractivity contribution in [3.63, 3.8) is 0 Å². The second kappa shape index (κ2) is 9.28. The fourth-order valence-electron chi connectivity index (χ4n) is 0. The summed E-state index contributed by atoms with van der Waals surface area (Å²) in [4.78, 5) is 8.36. The summed E-state index contributed by atoms with van der Waals surface area (Å²) in [6, 6.07) is 0. The molecule has 4 nitrogen and oxygen atoms in total. The third-order valence-corrected chi connectivity index (χ3v) is 0. The van der Waals surface area contributed by atoms with Gasteiger partial charge in [-0.3, -0.25) is 0 Å². The molecule has 0 aliphatic heterocycles. The molecule has 6 heteroatoms. The second-order valence-electron chi connectivity index (χ2n) is 0.238. The van der Waals surface area contributed by atoms with Gasteiger partial charge in [-0.1, -0.05) is 0 Å². The Balaban J connectivity index is -0.0000000450. The Bertz CT molecular complexity index is 33.8. The minimum atomic E-state index is -1.50. The maximum atomic E-state index is 8.36. The number of hydrogen-bond acceptors (Lipinski definition) is 2. The zero-order valence-corrected chi connectivity index (χ0v) is 7.92. The average Bonchev–Trinajstić information content (AvgIpc) is 0.811. The van der Waals surface area contributed by atoms with Gasteiger partial charge in [0.15, 0.2) is 0 Å². The Morgan fingerprint density at radius 1 is 1.67 bits per heavy atom. The van der Waals surface area contributed by atoms with Crippen molar-refractivity contribution >= 4 is 49.3 Å². The van der Waals surface area contributed by atoms with Gasteiger partial charge in [0.25, 0.3) is 5.09 Å². The van der Waals surface area contributed by atoms with Crippen LogP contribution in [0.5, 0.6) is 0 Å². The van der Waals surface area contributed by atoms with Gasteiger partial charge in [0, 0.05) is 0 Å².